The maximum absolute atomic E-state index is 11.0. The molecule has 2 saturated carbocycles. The lowest BCUT2D eigenvalue weighted by molar-refractivity contribution is -0.238. The van der Waals surface area contributed by atoms with E-state index in [4.69, 9.17) is 11.2 Å². The Morgan fingerprint density at radius 3 is 2.87 bits per heavy atom. The number of phenols is 1. The van der Waals surface area contributed by atoms with Gasteiger partial charge in [0.2, 0.25) is 5.79 Å². The minimum absolute atomic E-state index is 0.255. The quantitative estimate of drug-likeness (QED) is 0.616. The van der Waals surface area contributed by atoms with E-state index in [1.165, 1.54) is 11.1 Å². The third-order valence-corrected chi connectivity index (χ3v) is 7.01. The summed E-state index contributed by atoms with van der Waals surface area (Å²) in [4.78, 5) is 0. The van der Waals surface area contributed by atoms with Gasteiger partial charge in [0.1, 0.15) is 11.9 Å². The van der Waals surface area contributed by atoms with Crippen molar-refractivity contribution in [2.45, 2.75) is 57.2 Å². The molecule has 0 radical (unpaired) electrons. The van der Waals surface area contributed by atoms with E-state index in [-0.39, 0.29) is 5.41 Å². The fourth-order valence-electron chi connectivity index (χ4n) is 5.81. The predicted molar refractivity (Wildman–Crippen MR) is 87.6 cm³/mol. The molecule has 0 spiro atoms. The summed E-state index contributed by atoms with van der Waals surface area (Å²) in [7, 11) is 0. The Morgan fingerprint density at radius 2 is 2.09 bits per heavy atom. The molecule has 0 aromatic heterocycles. The highest BCUT2D eigenvalue weighted by molar-refractivity contribution is 5.40. The second kappa shape index (κ2) is 4.92. The number of aliphatic hydroxyl groups is 1. The fraction of sp³-hybridized carbons (Fsp3) is 0.600. The van der Waals surface area contributed by atoms with Crippen LogP contribution in [0.1, 0.15) is 56.1 Å². The topological polar surface area (TPSA) is 49.7 Å². The smallest absolute Gasteiger partial charge is 0.224 e. The average Bonchev–Trinajstić information content (AvgIpc) is 2.79. The third-order valence-electron chi connectivity index (χ3n) is 7.01. The highest BCUT2D eigenvalue weighted by Crippen LogP contribution is 2.64. The van der Waals surface area contributed by atoms with Gasteiger partial charge in [-0.2, -0.15) is 0 Å². The zero-order chi connectivity index (χ0) is 16.2. The van der Waals surface area contributed by atoms with Gasteiger partial charge in [0.25, 0.3) is 0 Å². The predicted octanol–water partition coefficient (Wildman–Crippen LogP) is 3.54. The molecule has 0 saturated heterocycles. The SMILES string of the molecule is C#CO[C@]1(O)CCC2C3CCc4cc(O)ccc4C3CC[C@@]21C. The van der Waals surface area contributed by atoms with Crippen molar-refractivity contribution in [2.24, 2.45) is 17.3 Å². The van der Waals surface area contributed by atoms with Gasteiger partial charge in [0.05, 0.1) is 0 Å². The van der Waals surface area contributed by atoms with Crippen LogP contribution >= 0.6 is 0 Å². The summed E-state index contributed by atoms with van der Waals surface area (Å²) in [5, 5.41) is 20.7. The number of phenolic OH excluding ortho intramolecular Hbond substituents is 1. The average molecular weight is 312 g/mol. The first-order valence-electron chi connectivity index (χ1n) is 8.66. The van der Waals surface area contributed by atoms with Crippen molar-refractivity contribution in [1.82, 2.24) is 0 Å². The van der Waals surface area contributed by atoms with Crippen LogP contribution in [-0.4, -0.2) is 16.0 Å². The largest absolute Gasteiger partial charge is 0.508 e. The van der Waals surface area contributed by atoms with Crippen LogP contribution in [0.25, 0.3) is 0 Å². The Balaban J connectivity index is 1.69. The lowest BCUT2D eigenvalue weighted by Gasteiger charge is -2.52. The summed E-state index contributed by atoms with van der Waals surface area (Å²) in [5.41, 5.74) is 2.44. The summed E-state index contributed by atoms with van der Waals surface area (Å²) >= 11 is 0. The number of aryl methyl sites for hydroxylation is 1. The van der Waals surface area contributed by atoms with Crippen LogP contribution in [-0.2, 0) is 11.2 Å². The van der Waals surface area contributed by atoms with Crippen LogP contribution in [0.2, 0.25) is 0 Å². The zero-order valence-corrected chi connectivity index (χ0v) is 13.6. The van der Waals surface area contributed by atoms with Crippen LogP contribution in [0.3, 0.4) is 0 Å². The van der Waals surface area contributed by atoms with Crippen molar-refractivity contribution in [3.63, 3.8) is 0 Å². The van der Waals surface area contributed by atoms with Gasteiger partial charge >= 0.3 is 0 Å². The fourth-order valence-corrected chi connectivity index (χ4v) is 5.81. The van der Waals surface area contributed by atoms with Gasteiger partial charge in [-0.25, -0.2) is 0 Å². The Labute approximate surface area is 137 Å². The molecule has 3 aliphatic carbocycles. The van der Waals surface area contributed by atoms with Crippen LogP contribution in [0.15, 0.2) is 18.2 Å². The second-order valence-corrected chi connectivity index (χ2v) is 7.80. The van der Waals surface area contributed by atoms with E-state index in [2.05, 4.69) is 19.1 Å². The molecule has 2 N–H and O–H groups in total. The number of hydrogen-bond acceptors (Lipinski definition) is 3. The summed E-state index contributed by atoms with van der Waals surface area (Å²) < 4.78 is 5.38. The van der Waals surface area contributed by atoms with E-state index in [1.807, 2.05) is 12.1 Å². The maximum atomic E-state index is 11.0. The van der Waals surface area contributed by atoms with Crippen LogP contribution in [0.5, 0.6) is 5.75 Å². The van der Waals surface area contributed by atoms with Gasteiger partial charge in [-0.3, -0.25) is 0 Å². The molecule has 3 unspecified atom stereocenters. The first-order valence-corrected chi connectivity index (χ1v) is 8.66. The number of fused-ring (bicyclic) bond motifs is 5. The Morgan fingerprint density at radius 1 is 1.26 bits per heavy atom. The number of ether oxygens (including phenoxy) is 1. The van der Waals surface area contributed by atoms with E-state index in [0.717, 1.165) is 32.1 Å². The lowest BCUT2D eigenvalue weighted by Crippen LogP contribution is -2.51. The highest BCUT2D eigenvalue weighted by Gasteiger charge is 2.63. The lowest BCUT2D eigenvalue weighted by atomic mass is 9.55. The molecule has 0 heterocycles. The van der Waals surface area contributed by atoms with Gasteiger partial charge in [0.15, 0.2) is 0 Å². The summed E-state index contributed by atoms with van der Waals surface area (Å²) in [6.45, 7) is 2.16. The molecule has 4 rings (SSSR count). The van der Waals surface area contributed by atoms with E-state index >= 15 is 0 Å². The van der Waals surface area contributed by atoms with Gasteiger partial charge in [-0.05, 0) is 73.1 Å². The molecule has 0 bridgehead atoms. The van der Waals surface area contributed by atoms with Crippen molar-refractivity contribution in [3.05, 3.63) is 29.3 Å². The van der Waals surface area contributed by atoms with Crippen LogP contribution in [0.4, 0.5) is 0 Å². The van der Waals surface area contributed by atoms with Gasteiger partial charge in [-0.15, -0.1) is 0 Å². The molecule has 3 heteroatoms. The van der Waals surface area contributed by atoms with E-state index in [9.17, 15) is 10.2 Å². The van der Waals surface area contributed by atoms with Crippen molar-refractivity contribution in [2.75, 3.05) is 0 Å². The normalized spacial score (nSPS) is 41.3. The van der Waals surface area contributed by atoms with E-state index < -0.39 is 5.79 Å². The number of benzene rings is 1. The summed E-state index contributed by atoms with van der Waals surface area (Å²) in [5.74, 6) is 0.737. The van der Waals surface area contributed by atoms with Crippen molar-refractivity contribution in [1.29, 1.82) is 0 Å². The Kier molecular flexibility index (Phi) is 3.19. The molecule has 1 aromatic carbocycles. The second-order valence-electron chi connectivity index (χ2n) is 7.80. The van der Waals surface area contributed by atoms with E-state index in [0.29, 0.717) is 29.9 Å². The molecule has 3 nitrogen and oxygen atoms in total. The molecule has 23 heavy (non-hydrogen) atoms. The monoisotopic (exact) mass is 312 g/mol. The van der Waals surface area contributed by atoms with Crippen LogP contribution in [0, 0.1) is 29.8 Å². The summed E-state index contributed by atoms with van der Waals surface area (Å²) in [6, 6.07) is 5.83. The molecular weight excluding hydrogens is 288 g/mol. The zero-order valence-electron chi connectivity index (χ0n) is 13.6. The van der Waals surface area contributed by atoms with Gasteiger partial charge < -0.3 is 14.9 Å². The van der Waals surface area contributed by atoms with Gasteiger partial charge in [0, 0.05) is 11.8 Å². The molecular formula is C20H24O3. The van der Waals surface area contributed by atoms with Crippen molar-refractivity contribution >= 4 is 0 Å². The number of hydrogen-bond donors (Lipinski definition) is 2. The minimum Gasteiger partial charge on any atom is -0.508 e. The molecule has 2 fully saturated rings. The molecule has 5 atom stereocenters. The molecule has 3 aliphatic rings. The molecule has 1 aromatic rings. The van der Waals surface area contributed by atoms with Crippen molar-refractivity contribution < 1.29 is 14.9 Å². The highest BCUT2D eigenvalue weighted by atomic mass is 16.6. The first-order chi connectivity index (χ1) is 11.0. The first kappa shape index (κ1) is 14.9. The Hall–Kier alpha value is -1.66. The van der Waals surface area contributed by atoms with Gasteiger partial charge in [-0.1, -0.05) is 19.4 Å². The molecule has 0 aliphatic heterocycles. The standard InChI is InChI=1S/C20H24O3/c1-3-23-20(22)11-9-18-17-6-4-13-12-14(21)5-7-15(13)16(17)8-10-19(18,20)2/h1,5,7,12,16-18,21-22H,4,6,8-11H2,2H3/t16?,17?,18?,19-,20+/m0/s1. The Bertz CT molecular complexity index is 676. The van der Waals surface area contributed by atoms with Crippen molar-refractivity contribution in [3.8, 4) is 18.3 Å². The van der Waals surface area contributed by atoms with Crippen LogP contribution < -0.4 is 0 Å². The number of rotatable bonds is 1. The molecule has 0 amide bonds. The molecule has 122 valence electrons. The number of aromatic hydroxyl groups is 1. The number of terminal acetylenes is 1. The summed E-state index contributed by atoms with van der Waals surface area (Å²) in [6.07, 6.45) is 13.3. The van der Waals surface area contributed by atoms with E-state index in [1.54, 1.807) is 0 Å². The third kappa shape index (κ3) is 1.94. The minimum atomic E-state index is -1.17. The maximum Gasteiger partial charge on any atom is 0.224 e.